The van der Waals surface area contributed by atoms with Crippen molar-refractivity contribution in [2.75, 3.05) is 49.3 Å². The fourth-order valence-corrected chi connectivity index (χ4v) is 3.49. The highest BCUT2D eigenvalue weighted by Gasteiger charge is 2.25. The standard InChI is InChI=1S/C19H28N6/c1-4-25(16-8-6-5-7-9-16)19-17(20)18(21-14-22-19)24(3)15-10-12-23(2)13-11-15/h5-9,14-15H,4,10-13,20H2,1-3H3. The molecule has 1 aliphatic rings. The van der Waals surface area contributed by atoms with E-state index in [0.29, 0.717) is 11.7 Å². The third-order valence-corrected chi connectivity index (χ3v) is 5.05. The molecule has 1 aliphatic heterocycles. The third kappa shape index (κ3) is 3.69. The van der Waals surface area contributed by atoms with Gasteiger partial charge in [0.2, 0.25) is 0 Å². The molecule has 6 heteroatoms. The zero-order chi connectivity index (χ0) is 17.8. The van der Waals surface area contributed by atoms with E-state index in [1.54, 1.807) is 6.33 Å². The van der Waals surface area contributed by atoms with Gasteiger partial charge in [-0.3, -0.25) is 0 Å². The first-order chi connectivity index (χ1) is 12.1. The van der Waals surface area contributed by atoms with Crippen LogP contribution in [0.2, 0.25) is 0 Å². The minimum absolute atomic E-state index is 0.466. The Labute approximate surface area is 150 Å². The summed E-state index contributed by atoms with van der Waals surface area (Å²) in [5.74, 6) is 1.60. The number of rotatable bonds is 5. The molecule has 3 rings (SSSR count). The summed E-state index contributed by atoms with van der Waals surface area (Å²) >= 11 is 0. The van der Waals surface area contributed by atoms with Gasteiger partial charge in [-0.2, -0.15) is 0 Å². The Bertz CT molecular complexity index is 682. The lowest BCUT2D eigenvalue weighted by Crippen LogP contribution is -2.42. The zero-order valence-corrected chi connectivity index (χ0v) is 15.4. The number of nitrogens with zero attached hydrogens (tertiary/aromatic N) is 5. The predicted octanol–water partition coefficient (Wildman–Crippen LogP) is 2.75. The van der Waals surface area contributed by atoms with Gasteiger partial charge in [0, 0.05) is 25.3 Å². The number of piperidine rings is 1. The molecule has 1 saturated heterocycles. The van der Waals surface area contributed by atoms with Crippen LogP contribution in [0.3, 0.4) is 0 Å². The first kappa shape index (κ1) is 17.5. The van der Waals surface area contributed by atoms with Crippen molar-refractivity contribution in [2.45, 2.75) is 25.8 Å². The quantitative estimate of drug-likeness (QED) is 0.903. The van der Waals surface area contributed by atoms with Gasteiger partial charge in [0.15, 0.2) is 11.6 Å². The van der Waals surface area contributed by atoms with Gasteiger partial charge >= 0.3 is 0 Å². The van der Waals surface area contributed by atoms with Crippen molar-refractivity contribution in [1.82, 2.24) is 14.9 Å². The average Bonchev–Trinajstić information content (AvgIpc) is 2.65. The maximum Gasteiger partial charge on any atom is 0.161 e. The minimum atomic E-state index is 0.466. The first-order valence-electron chi connectivity index (χ1n) is 8.96. The number of benzene rings is 1. The predicted molar refractivity (Wildman–Crippen MR) is 104 cm³/mol. The summed E-state index contributed by atoms with van der Waals surface area (Å²) in [7, 11) is 4.27. The highest BCUT2D eigenvalue weighted by atomic mass is 15.3. The molecule has 1 aromatic heterocycles. The summed E-state index contributed by atoms with van der Waals surface area (Å²) in [6.45, 7) is 5.12. The summed E-state index contributed by atoms with van der Waals surface area (Å²) in [6.07, 6.45) is 3.88. The van der Waals surface area contributed by atoms with E-state index in [4.69, 9.17) is 5.73 Å². The van der Waals surface area contributed by atoms with Crippen LogP contribution in [-0.2, 0) is 0 Å². The van der Waals surface area contributed by atoms with Crippen molar-refractivity contribution in [3.8, 4) is 0 Å². The van der Waals surface area contributed by atoms with Gasteiger partial charge in [-0.15, -0.1) is 0 Å². The van der Waals surface area contributed by atoms with Crippen LogP contribution in [0.4, 0.5) is 23.0 Å². The van der Waals surface area contributed by atoms with E-state index in [1.165, 1.54) is 0 Å². The molecule has 2 heterocycles. The minimum Gasteiger partial charge on any atom is -0.393 e. The molecule has 0 amide bonds. The van der Waals surface area contributed by atoms with Crippen LogP contribution in [0.5, 0.6) is 0 Å². The van der Waals surface area contributed by atoms with Gasteiger partial charge in [0.1, 0.15) is 12.0 Å². The fraction of sp³-hybridized carbons (Fsp3) is 0.474. The number of hydrogen-bond donors (Lipinski definition) is 1. The number of nitrogen functional groups attached to an aromatic ring is 1. The van der Waals surface area contributed by atoms with E-state index in [-0.39, 0.29) is 0 Å². The number of anilines is 4. The van der Waals surface area contributed by atoms with Gasteiger partial charge in [0.05, 0.1) is 0 Å². The number of para-hydroxylation sites is 1. The van der Waals surface area contributed by atoms with Crippen LogP contribution >= 0.6 is 0 Å². The van der Waals surface area contributed by atoms with Crippen molar-refractivity contribution in [3.05, 3.63) is 36.7 Å². The van der Waals surface area contributed by atoms with E-state index in [2.05, 4.69) is 57.8 Å². The lowest BCUT2D eigenvalue weighted by Gasteiger charge is -2.36. The molecule has 25 heavy (non-hydrogen) atoms. The molecule has 1 fully saturated rings. The topological polar surface area (TPSA) is 61.5 Å². The molecule has 2 aromatic rings. The van der Waals surface area contributed by atoms with Crippen molar-refractivity contribution in [3.63, 3.8) is 0 Å². The number of hydrogen-bond acceptors (Lipinski definition) is 6. The summed E-state index contributed by atoms with van der Waals surface area (Å²) in [5.41, 5.74) is 8.25. The molecule has 134 valence electrons. The molecule has 0 radical (unpaired) electrons. The molecule has 2 N–H and O–H groups in total. The summed E-state index contributed by atoms with van der Waals surface area (Å²) in [5, 5.41) is 0. The second-order valence-electron chi connectivity index (χ2n) is 6.66. The highest BCUT2D eigenvalue weighted by molar-refractivity contribution is 5.79. The second kappa shape index (κ2) is 7.70. The number of nitrogens with two attached hydrogens (primary N) is 1. The van der Waals surface area contributed by atoms with E-state index in [0.717, 1.165) is 49.8 Å². The Morgan fingerprint density at radius 3 is 2.40 bits per heavy atom. The Kier molecular flexibility index (Phi) is 5.38. The van der Waals surface area contributed by atoms with Gasteiger partial charge in [-0.05, 0) is 52.0 Å². The molecule has 1 aromatic carbocycles. The van der Waals surface area contributed by atoms with Crippen LogP contribution < -0.4 is 15.5 Å². The van der Waals surface area contributed by atoms with Crippen molar-refractivity contribution in [1.29, 1.82) is 0 Å². The molecule has 0 saturated carbocycles. The van der Waals surface area contributed by atoms with Crippen LogP contribution in [0.25, 0.3) is 0 Å². The third-order valence-electron chi connectivity index (χ3n) is 5.05. The second-order valence-corrected chi connectivity index (χ2v) is 6.66. The zero-order valence-electron chi connectivity index (χ0n) is 15.4. The largest absolute Gasteiger partial charge is 0.393 e. The monoisotopic (exact) mass is 340 g/mol. The highest BCUT2D eigenvalue weighted by Crippen LogP contribution is 2.34. The van der Waals surface area contributed by atoms with Crippen LogP contribution in [0.15, 0.2) is 36.7 Å². The van der Waals surface area contributed by atoms with Crippen molar-refractivity contribution >= 4 is 23.0 Å². The molecule has 0 spiro atoms. The molecule has 0 atom stereocenters. The van der Waals surface area contributed by atoms with Gasteiger partial charge in [-0.1, -0.05) is 18.2 Å². The molecule has 6 nitrogen and oxygen atoms in total. The summed E-state index contributed by atoms with van der Waals surface area (Å²) in [6, 6.07) is 10.7. The normalized spacial score (nSPS) is 16.0. The van der Waals surface area contributed by atoms with E-state index < -0.39 is 0 Å². The number of likely N-dealkylation sites (tertiary alicyclic amines) is 1. The summed E-state index contributed by atoms with van der Waals surface area (Å²) < 4.78 is 0. The molecule has 0 bridgehead atoms. The Morgan fingerprint density at radius 1 is 1.12 bits per heavy atom. The van der Waals surface area contributed by atoms with Gasteiger partial charge in [-0.25, -0.2) is 9.97 Å². The molecule has 0 unspecified atom stereocenters. The lowest BCUT2D eigenvalue weighted by atomic mass is 10.0. The molecular weight excluding hydrogens is 312 g/mol. The van der Waals surface area contributed by atoms with E-state index in [9.17, 15) is 0 Å². The van der Waals surface area contributed by atoms with Crippen molar-refractivity contribution < 1.29 is 0 Å². The number of aromatic nitrogens is 2. The van der Waals surface area contributed by atoms with Crippen LogP contribution in [-0.4, -0.2) is 54.6 Å². The molecule has 0 aliphatic carbocycles. The Hall–Kier alpha value is -2.34. The Morgan fingerprint density at radius 2 is 1.76 bits per heavy atom. The molecular formula is C19H28N6. The van der Waals surface area contributed by atoms with E-state index >= 15 is 0 Å². The maximum absolute atomic E-state index is 6.51. The van der Waals surface area contributed by atoms with Crippen LogP contribution in [0.1, 0.15) is 19.8 Å². The first-order valence-corrected chi connectivity index (χ1v) is 8.96. The maximum atomic E-state index is 6.51. The SMILES string of the molecule is CCN(c1ccccc1)c1ncnc(N(C)C2CCN(C)CC2)c1N. The van der Waals surface area contributed by atoms with Gasteiger partial charge in [0.25, 0.3) is 0 Å². The van der Waals surface area contributed by atoms with Gasteiger partial charge < -0.3 is 20.4 Å². The lowest BCUT2D eigenvalue weighted by molar-refractivity contribution is 0.252. The Balaban J connectivity index is 1.89. The average molecular weight is 340 g/mol. The van der Waals surface area contributed by atoms with Crippen LogP contribution in [0, 0.1) is 0 Å². The van der Waals surface area contributed by atoms with Crippen molar-refractivity contribution in [2.24, 2.45) is 0 Å². The fourth-order valence-electron chi connectivity index (χ4n) is 3.49. The van der Waals surface area contributed by atoms with E-state index in [1.807, 2.05) is 18.2 Å². The smallest absolute Gasteiger partial charge is 0.161 e. The summed E-state index contributed by atoms with van der Waals surface area (Å²) in [4.78, 5) is 15.7.